The Kier molecular flexibility index (Phi) is 3.20. The highest BCUT2D eigenvalue weighted by Crippen LogP contribution is 2.38. The van der Waals surface area contributed by atoms with Gasteiger partial charge >= 0.3 is 5.97 Å². The van der Waals surface area contributed by atoms with Gasteiger partial charge in [0, 0.05) is 29.9 Å². The van der Waals surface area contributed by atoms with Crippen molar-refractivity contribution in [2.45, 2.75) is 38.8 Å². The van der Waals surface area contributed by atoms with Crippen molar-refractivity contribution < 1.29 is 14.7 Å². The van der Waals surface area contributed by atoms with Crippen molar-refractivity contribution in [2.75, 3.05) is 0 Å². The SMILES string of the molecule is CC[C@@H]1c2[nH]c3ccccc3c2C[C@@H](C(=O)O)N1C(C)=O. The van der Waals surface area contributed by atoms with Gasteiger partial charge in [-0.1, -0.05) is 25.1 Å². The molecule has 0 bridgehead atoms. The van der Waals surface area contributed by atoms with Gasteiger partial charge < -0.3 is 15.0 Å². The van der Waals surface area contributed by atoms with Crippen LogP contribution < -0.4 is 0 Å². The van der Waals surface area contributed by atoms with Crippen molar-refractivity contribution in [2.24, 2.45) is 0 Å². The fourth-order valence-corrected chi connectivity index (χ4v) is 3.42. The molecule has 1 amide bonds. The zero-order valence-corrected chi connectivity index (χ0v) is 12.1. The van der Waals surface area contributed by atoms with Crippen LogP contribution in [0.1, 0.15) is 37.6 Å². The molecule has 2 N–H and O–H groups in total. The Morgan fingerprint density at radius 1 is 1.38 bits per heavy atom. The molecular formula is C16H18N2O3. The number of carbonyl (C=O) groups excluding carboxylic acids is 1. The van der Waals surface area contributed by atoms with Gasteiger partial charge in [0.25, 0.3) is 0 Å². The van der Waals surface area contributed by atoms with Crippen molar-refractivity contribution in [1.82, 2.24) is 9.88 Å². The molecule has 5 nitrogen and oxygen atoms in total. The molecule has 0 fully saturated rings. The van der Waals surface area contributed by atoms with Crippen LogP contribution in [-0.4, -0.2) is 32.9 Å². The number of carbonyl (C=O) groups is 2. The van der Waals surface area contributed by atoms with E-state index in [0.29, 0.717) is 12.8 Å². The fourth-order valence-electron chi connectivity index (χ4n) is 3.42. The highest BCUT2D eigenvalue weighted by atomic mass is 16.4. The summed E-state index contributed by atoms with van der Waals surface area (Å²) in [7, 11) is 0. The van der Waals surface area contributed by atoms with E-state index in [4.69, 9.17) is 0 Å². The molecule has 0 radical (unpaired) electrons. The van der Waals surface area contributed by atoms with E-state index in [1.54, 1.807) is 0 Å². The smallest absolute Gasteiger partial charge is 0.326 e. The van der Waals surface area contributed by atoms with Crippen molar-refractivity contribution in [3.05, 3.63) is 35.5 Å². The number of para-hydroxylation sites is 1. The lowest BCUT2D eigenvalue weighted by atomic mass is 9.90. The molecule has 2 aromatic rings. The number of carboxylic acids is 1. The van der Waals surface area contributed by atoms with E-state index in [1.165, 1.54) is 11.8 Å². The number of nitrogens with one attached hydrogen (secondary N) is 1. The second-order valence-electron chi connectivity index (χ2n) is 5.47. The van der Waals surface area contributed by atoms with E-state index in [0.717, 1.165) is 22.2 Å². The van der Waals surface area contributed by atoms with Gasteiger partial charge in [0.2, 0.25) is 5.91 Å². The molecule has 1 aromatic heterocycles. The number of hydrogen-bond donors (Lipinski definition) is 2. The fraction of sp³-hybridized carbons (Fsp3) is 0.375. The summed E-state index contributed by atoms with van der Waals surface area (Å²) < 4.78 is 0. The molecule has 5 heteroatoms. The van der Waals surface area contributed by atoms with Gasteiger partial charge in [-0.3, -0.25) is 4.79 Å². The van der Waals surface area contributed by atoms with Gasteiger partial charge in [-0.2, -0.15) is 0 Å². The quantitative estimate of drug-likeness (QED) is 0.890. The topological polar surface area (TPSA) is 73.4 Å². The van der Waals surface area contributed by atoms with Crippen LogP contribution in [0.15, 0.2) is 24.3 Å². The molecule has 2 atom stereocenters. The van der Waals surface area contributed by atoms with Crippen LogP contribution in [0, 0.1) is 0 Å². The lowest BCUT2D eigenvalue weighted by Crippen LogP contribution is -2.50. The van der Waals surface area contributed by atoms with E-state index in [9.17, 15) is 14.7 Å². The Morgan fingerprint density at radius 2 is 2.10 bits per heavy atom. The number of fused-ring (bicyclic) bond motifs is 3. The number of carboxylic acid groups (broad SMARTS) is 1. The van der Waals surface area contributed by atoms with Crippen LogP contribution in [-0.2, 0) is 16.0 Å². The first kappa shape index (κ1) is 13.7. The summed E-state index contributed by atoms with van der Waals surface area (Å²) in [5.41, 5.74) is 3.00. The third kappa shape index (κ3) is 2.00. The zero-order chi connectivity index (χ0) is 15.1. The summed E-state index contributed by atoms with van der Waals surface area (Å²) in [6.07, 6.45) is 1.04. The van der Waals surface area contributed by atoms with Gasteiger partial charge in [0.15, 0.2) is 0 Å². The lowest BCUT2D eigenvalue weighted by molar-refractivity contribution is -0.152. The number of nitrogens with zero attached hydrogens (tertiary/aromatic N) is 1. The molecule has 0 saturated heterocycles. The van der Waals surface area contributed by atoms with E-state index < -0.39 is 12.0 Å². The van der Waals surface area contributed by atoms with Crippen molar-refractivity contribution in [1.29, 1.82) is 0 Å². The molecule has 21 heavy (non-hydrogen) atoms. The maximum Gasteiger partial charge on any atom is 0.326 e. The van der Waals surface area contributed by atoms with Gasteiger partial charge in [0.05, 0.1) is 6.04 Å². The molecule has 110 valence electrons. The predicted molar refractivity (Wildman–Crippen MR) is 79.0 cm³/mol. The maximum atomic E-state index is 12.0. The van der Waals surface area contributed by atoms with Crippen LogP contribution in [0.2, 0.25) is 0 Å². The van der Waals surface area contributed by atoms with Crippen LogP contribution in [0.3, 0.4) is 0 Å². The summed E-state index contributed by atoms with van der Waals surface area (Å²) in [5, 5.41) is 10.6. The summed E-state index contributed by atoms with van der Waals surface area (Å²) >= 11 is 0. The van der Waals surface area contributed by atoms with Crippen LogP contribution >= 0.6 is 0 Å². The summed E-state index contributed by atoms with van der Waals surface area (Å²) in [5.74, 6) is -1.14. The average molecular weight is 286 g/mol. The second kappa shape index (κ2) is 4.91. The van der Waals surface area contributed by atoms with Gasteiger partial charge in [-0.05, 0) is 18.1 Å². The number of aliphatic carboxylic acids is 1. The van der Waals surface area contributed by atoms with E-state index in [-0.39, 0.29) is 11.9 Å². The first-order valence-corrected chi connectivity index (χ1v) is 7.15. The molecule has 0 unspecified atom stereocenters. The largest absolute Gasteiger partial charge is 0.480 e. The van der Waals surface area contributed by atoms with Gasteiger partial charge in [0.1, 0.15) is 6.04 Å². The summed E-state index contributed by atoms with van der Waals surface area (Å²) in [6.45, 7) is 3.41. The first-order valence-electron chi connectivity index (χ1n) is 7.15. The zero-order valence-electron chi connectivity index (χ0n) is 12.1. The standard InChI is InChI=1S/C16H18N2O3/c1-3-13-15-11(10-6-4-5-7-12(10)17-15)8-14(16(20)21)18(13)9(2)19/h4-7,13-14,17H,3,8H2,1-2H3,(H,20,21)/t13-,14+/m1/s1. The lowest BCUT2D eigenvalue weighted by Gasteiger charge is -2.39. The minimum Gasteiger partial charge on any atom is -0.480 e. The van der Waals surface area contributed by atoms with Crippen molar-refractivity contribution >= 4 is 22.8 Å². The van der Waals surface area contributed by atoms with E-state index in [2.05, 4.69) is 4.98 Å². The first-order chi connectivity index (χ1) is 10.0. The molecule has 3 rings (SSSR count). The number of aromatic nitrogens is 1. The van der Waals surface area contributed by atoms with Gasteiger partial charge in [-0.15, -0.1) is 0 Å². The molecular weight excluding hydrogens is 268 g/mol. The third-order valence-corrected chi connectivity index (χ3v) is 4.28. The number of rotatable bonds is 2. The number of H-pyrrole nitrogens is 1. The Morgan fingerprint density at radius 3 is 2.71 bits per heavy atom. The molecule has 1 aliphatic heterocycles. The molecule has 0 spiro atoms. The highest BCUT2D eigenvalue weighted by molar-refractivity contribution is 5.89. The second-order valence-corrected chi connectivity index (χ2v) is 5.47. The maximum absolute atomic E-state index is 12.0. The third-order valence-electron chi connectivity index (χ3n) is 4.28. The van der Waals surface area contributed by atoms with Crippen LogP contribution in [0.25, 0.3) is 10.9 Å². The summed E-state index contributed by atoms with van der Waals surface area (Å²) in [6, 6.07) is 6.88. The number of hydrogen-bond acceptors (Lipinski definition) is 2. The predicted octanol–water partition coefficient (Wildman–Crippen LogP) is 2.48. The minimum absolute atomic E-state index is 0.196. The Balaban J connectivity index is 2.22. The van der Waals surface area contributed by atoms with Crippen LogP contribution in [0.4, 0.5) is 0 Å². The van der Waals surface area contributed by atoms with E-state index >= 15 is 0 Å². The molecule has 0 saturated carbocycles. The Hall–Kier alpha value is -2.30. The molecule has 2 heterocycles. The Bertz CT molecular complexity index is 719. The Labute approximate surface area is 122 Å². The van der Waals surface area contributed by atoms with Crippen molar-refractivity contribution in [3.8, 4) is 0 Å². The summed E-state index contributed by atoms with van der Waals surface area (Å²) in [4.78, 5) is 28.4. The average Bonchev–Trinajstić information content (AvgIpc) is 2.83. The number of benzene rings is 1. The van der Waals surface area contributed by atoms with Crippen LogP contribution in [0.5, 0.6) is 0 Å². The normalized spacial score (nSPS) is 21.3. The van der Waals surface area contributed by atoms with Crippen molar-refractivity contribution in [3.63, 3.8) is 0 Å². The minimum atomic E-state index is -0.945. The number of amides is 1. The number of aromatic amines is 1. The molecule has 1 aliphatic rings. The molecule has 1 aromatic carbocycles. The van der Waals surface area contributed by atoms with Gasteiger partial charge in [-0.25, -0.2) is 4.79 Å². The highest BCUT2D eigenvalue weighted by Gasteiger charge is 2.40. The van der Waals surface area contributed by atoms with E-state index in [1.807, 2.05) is 31.2 Å². The monoisotopic (exact) mass is 286 g/mol. The molecule has 0 aliphatic carbocycles.